The zero-order chi connectivity index (χ0) is 22.8. The van der Waals surface area contributed by atoms with E-state index in [1.165, 1.54) is 27.0 Å². The molecule has 2 N–H and O–H groups in total. The predicted octanol–water partition coefficient (Wildman–Crippen LogP) is 2.73. The van der Waals surface area contributed by atoms with E-state index in [9.17, 15) is 14.4 Å². The highest BCUT2D eigenvalue weighted by Gasteiger charge is 2.27. The minimum absolute atomic E-state index is 0.0260. The van der Waals surface area contributed by atoms with Crippen molar-refractivity contribution in [1.29, 1.82) is 0 Å². The smallest absolute Gasteiger partial charge is 0.328 e. The van der Waals surface area contributed by atoms with Crippen molar-refractivity contribution in [2.24, 2.45) is 11.8 Å². The lowest BCUT2D eigenvalue weighted by Crippen LogP contribution is -2.41. The van der Waals surface area contributed by atoms with Gasteiger partial charge in [0.25, 0.3) is 5.56 Å². The molecule has 0 bridgehead atoms. The Hall–Kier alpha value is -2.71. The summed E-state index contributed by atoms with van der Waals surface area (Å²) in [4.78, 5) is 42.9. The SMILES string of the molecule is O=C(NCCN1CCc2ccccc2C1)C1CCC(Cn2c(=O)[nH]c3ccsc3c2=O)CC1. The van der Waals surface area contributed by atoms with E-state index >= 15 is 0 Å². The van der Waals surface area contributed by atoms with Crippen LogP contribution in [0, 0.1) is 11.8 Å². The van der Waals surface area contributed by atoms with Gasteiger partial charge in [0.2, 0.25) is 5.91 Å². The van der Waals surface area contributed by atoms with Gasteiger partial charge in [-0.3, -0.25) is 19.1 Å². The molecule has 1 aromatic carbocycles. The second-order valence-electron chi connectivity index (χ2n) is 9.31. The number of carbonyl (C=O) groups excluding carboxylic acids is 1. The van der Waals surface area contributed by atoms with Crippen LogP contribution < -0.4 is 16.6 Å². The standard InChI is InChI=1S/C25H30N4O3S/c30-23(26-11-13-28-12-9-18-3-1-2-4-20(18)16-28)19-7-5-17(6-8-19)15-29-24(31)22-21(10-14-33-22)27-25(29)32/h1-4,10,14,17,19H,5-9,11-13,15-16H2,(H,26,30)(H,27,32). The molecule has 2 aliphatic rings. The van der Waals surface area contributed by atoms with Crippen LogP contribution in [0.5, 0.6) is 0 Å². The van der Waals surface area contributed by atoms with E-state index in [1.807, 2.05) is 5.38 Å². The van der Waals surface area contributed by atoms with E-state index in [0.717, 1.165) is 51.7 Å². The van der Waals surface area contributed by atoms with Gasteiger partial charge in [0.05, 0.1) is 5.52 Å². The number of aromatic amines is 1. The Kier molecular flexibility index (Phi) is 6.46. The number of hydrogen-bond acceptors (Lipinski definition) is 5. The summed E-state index contributed by atoms with van der Waals surface area (Å²) < 4.78 is 1.93. The van der Waals surface area contributed by atoms with E-state index in [0.29, 0.717) is 23.3 Å². The molecule has 5 rings (SSSR count). The number of amides is 1. The lowest BCUT2D eigenvalue weighted by atomic mass is 9.81. The molecule has 7 nitrogen and oxygen atoms in total. The van der Waals surface area contributed by atoms with Crippen LogP contribution in [0.25, 0.3) is 10.2 Å². The van der Waals surface area contributed by atoms with Crippen LogP contribution in [0.2, 0.25) is 0 Å². The summed E-state index contributed by atoms with van der Waals surface area (Å²) in [5.41, 5.74) is 2.90. The topological polar surface area (TPSA) is 87.2 Å². The highest BCUT2D eigenvalue weighted by atomic mass is 32.1. The lowest BCUT2D eigenvalue weighted by molar-refractivity contribution is -0.126. The summed E-state index contributed by atoms with van der Waals surface area (Å²) in [6.45, 7) is 3.95. The average Bonchev–Trinajstić information content (AvgIpc) is 3.30. The van der Waals surface area contributed by atoms with E-state index in [1.54, 1.807) is 6.07 Å². The van der Waals surface area contributed by atoms with Gasteiger partial charge in [0, 0.05) is 38.6 Å². The van der Waals surface area contributed by atoms with Crippen molar-refractivity contribution in [3.05, 3.63) is 67.7 Å². The minimum Gasteiger partial charge on any atom is -0.355 e. The lowest BCUT2D eigenvalue weighted by Gasteiger charge is -2.30. The maximum Gasteiger partial charge on any atom is 0.328 e. The van der Waals surface area contributed by atoms with Crippen molar-refractivity contribution in [2.75, 3.05) is 19.6 Å². The van der Waals surface area contributed by atoms with Crippen LogP contribution >= 0.6 is 11.3 Å². The summed E-state index contributed by atoms with van der Waals surface area (Å²) >= 11 is 1.36. The minimum atomic E-state index is -0.342. The maximum atomic E-state index is 12.7. The molecule has 174 valence electrons. The third-order valence-corrected chi connectivity index (χ3v) is 8.09. The monoisotopic (exact) mass is 466 g/mol. The fourth-order valence-corrected chi connectivity index (χ4v) is 6.03. The molecule has 8 heteroatoms. The Morgan fingerprint density at radius 2 is 1.88 bits per heavy atom. The molecule has 2 aromatic heterocycles. The van der Waals surface area contributed by atoms with Gasteiger partial charge in [-0.2, -0.15) is 0 Å². The molecule has 1 saturated carbocycles. The van der Waals surface area contributed by atoms with Crippen molar-refractivity contribution in [1.82, 2.24) is 19.8 Å². The van der Waals surface area contributed by atoms with Crippen LogP contribution in [-0.4, -0.2) is 40.0 Å². The zero-order valence-electron chi connectivity index (χ0n) is 18.7. The van der Waals surface area contributed by atoms with Gasteiger partial charge in [-0.05, 0) is 60.6 Å². The number of thiophene rings is 1. The molecule has 1 fully saturated rings. The second kappa shape index (κ2) is 9.65. The van der Waals surface area contributed by atoms with Gasteiger partial charge >= 0.3 is 5.69 Å². The third-order valence-electron chi connectivity index (χ3n) is 7.19. The average molecular weight is 467 g/mol. The first-order valence-corrected chi connectivity index (χ1v) is 12.7. The number of benzene rings is 1. The van der Waals surface area contributed by atoms with E-state index in [2.05, 4.69) is 39.5 Å². The largest absolute Gasteiger partial charge is 0.355 e. The number of hydrogen-bond donors (Lipinski definition) is 2. The quantitative estimate of drug-likeness (QED) is 0.585. The highest BCUT2D eigenvalue weighted by Crippen LogP contribution is 2.29. The molecule has 3 heterocycles. The molecule has 1 aliphatic heterocycles. The van der Waals surface area contributed by atoms with Crippen molar-refractivity contribution < 1.29 is 4.79 Å². The van der Waals surface area contributed by atoms with Crippen LogP contribution in [0.3, 0.4) is 0 Å². The van der Waals surface area contributed by atoms with Gasteiger partial charge in [-0.15, -0.1) is 11.3 Å². The van der Waals surface area contributed by atoms with Crippen LogP contribution in [0.4, 0.5) is 0 Å². The molecule has 0 radical (unpaired) electrons. The van der Waals surface area contributed by atoms with E-state index in [-0.39, 0.29) is 29.0 Å². The highest BCUT2D eigenvalue weighted by molar-refractivity contribution is 7.17. The van der Waals surface area contributed by atoms with Crippen LogP contribution in [0.1, 0.15) is 36.8 Å². The van der Waals surface area contributed by atoms with Crippen molar-refractivity contribution in [3.8, 4) is 0 Å². The van der Waals surface area contributed by atoms with E-state index < -0.39 is 0 Å². The van der Waals surface area contributed by atoms with Crippen molar-refractivity contribution in [2.45, 2.75) is 45.2 Å². The van der Waals surface area contributed by atoms with E-state index in [4.69, 9.17) is 0 Å². The molecule has 0 spiro atoms. The summed E-state index contributed by atoms with van der Waals surface area (Å²) in [7, 11) is 0. The summed E-state index contributed by atoms with van der Waals surface area (Å²) in [6.07, 6.45) is 4.40. The van der Waals surface area contributed by atoms with Gasteiger partial charge in [0.1, 0.15) is 4.70 Å². The predicted molar refractivity (Wildman–Crippen MR) is 131 cm³/mol. The molecule has 0 saturated heterocycles. The Labute approximate surface area is 196 Å². The molecule has 33 heavy (non-hydrogen) atoms. The van der Waals surface area contributed by atoms with Crippen LogP contribution in [-0.2, 0) is 24.3 Å². The zero-order valence-corrected chi connectivity index (χ0v) is 19.5. The number of aromatic nitrogens is 2. The Bertz CT molecular complexity index is 1250. The third kappa shape index (κ3) is 4.82. The number of H-pyrrole nitrogens is 1. The maximum absolute atomic E-state index is 12.7. The normalized spacial score (nSPS) is 21.1. The first-order chi connectivity index (χ1) is 16.1. The summed E-state index contributed by atoms with van der Waals surface area (Å²) in [6, 6.07) is 10.4. The summed E-state index contributed by atoms with van der Waals surface area (Å²) in [5.74, 6) is 0.415. The Morgan fingerprint density at radius 3 is 2.70 bits per heavy atom. The van der Waals surface area contributed by atoms with Crippen molar-refractivity contribution in [3.63, 3.8) is 0 Å². The van der Waals surface area contributed by atoms with Gasteiger partial charge < -0.3 is 10.3 Å². The fourth-order valence-electron chi connectivity index (χ4n) is 5.23. The Balaban J connectivity index is 1.08. The first kappa shape index (κ1) is 22.1. The number of nitrogens with one attached hydrogen (secondary N) is 2. The molecule has 1 amide bonds. The number of fused-ring (bicyclic) bond motifs is 2. The number of carbonyl (C=O) groups is 1. The van der Waals surface area contributed by atoms with Crippen molar-refractivity contribution >= 4 is 27.5 Å². The summed E-state index contributed by atoms with van der Waals surface area (Å²) in [5, 5.41) is 4.95. The Morgan fingerprint density at radius 1 is 1.09 bits per heavy atom. The second-order valence-corrected chi connectivity index (χ2v) is 10.2. The van der Waals surface area contributed by atoms with Gasteiger partial charge in [0.15, 0.2) is 0 Å². The fraction of sp³-hybridized carbons (Fsp3) is 0.480. The number of rotatable bonds is 6. The molecule has 0 unspecified atom stereocenters. The molecule has 1 aliphatic carbocycles. The molecule has 0 atom stereocenters. The number of nitrogens with zero attached hydrogens (tertiary/aromatic N) is 2. The van der Waals surface area contributed by atoms with Gasteiger partial charge in [-0.1, -0.05) is 24.3 Å². The van der Waals surface area contributed by atoms with Crippen LogP contribution in [0.15, 0.2) is 45.3 Å². The molecular formula is C25H30N4O3S. The molecule has 3 aromatic rings. The molecular weight excluding hydrogens is 436 g/mol. The first-order valence-electron chi connectivity index (χ1n) is 11.9. The van der Waals surface area contributed by atoms with Gasteiger partial charge in [-0.25, -0.2) is 4.79 Å².